The number of aromatic amines is 1. The first-order chi connectivity index (χ1) is 8.76. The second-order valence-electron chi connectivity index (χ2n) is 4.07. The van der Waals surface area contributed by atoms with E-state index in [1.807, 2.05) is 6.07 Å². The van der Waals surface area contributed by atoms with Crippen LogP contribution in [0.2, 0.25) is 0 Å². The summed E-state index contributed by atoms with van der Waals surface area (Å²) in [7, 11) is 0. The van der Waals surface area contributed by atoms with E-state index in [-0.39, 0.29) is 6.04 Å². The minimum absolute atomic E-state index is 0.149. The van der Waals surface area contributed by atoms with E-state index < -0.39 is 0 Å². The smallest absolute Gasteiger partial charge is 0.104 e. The summed E-state index contributed by atoms with van der Waals surface area (Å²) in [5.41, 5.74) is 2.18. The molecule has 96 valence electrons. The maximum atomic E-state index is 4.25. The van der Waals surface area contributed by atoms with E-state index in [9.17, 15) is 0 Å². The molecule has 0 saturated heterocycles. The van der Waals surface area contributed by atoms with E-state index in [2.05, 4.69) is 68.3 Å². The fraction of sp³-hybridized carbons (Fsp3) is 0.385. The largest absolute Gasteiger partial charge is 0.292 e. The number of H-pyrrole nitrogens is 1. The fourth-order valence-electron chi connectivity index (χ4n) is 2.18. The van der Waals surface area contributed by atoms with Crippen LogP contribution in [0.15, 0.2) is 34.9 Å². The Morgan fingerprint density at radius 3 is 2.67 bits per heavy atom. The molecule has 1 atom stereocenters. The van der Waals surface area contributed by atoms with Gasteiger partial charge in [0.1, 0.15) is 5.69 Å². The quantitative estimate of drug-likeness (QED) is 0.923. The first-order valence-electron chi connectivity index (χ1n) is 6.11. The van der Waals surface area contributed by atoms with E-state index in [0.29, 0.717) is 0 Å². The summed E-state index contributed by atoms with van der Waals surface area (Å²) in [5.74, 6) is 0. The maximum absolute atomic E-state index is 4.25. The number of aromatic nitrogens is 3. The molecule has 0 radical (unpaired) electrons. The Morgan fingerprint density at radius 1 is 1.33 bits per heavy atom. The highest BCUT2D eigenvalue weighted by atomic mass is 79.9. The summed E-state index contributed by atoms with van der Waals surface area (Å²) in [6, 6.07) is 8.50. The molecule has 1 aromatic carbocycles. The third kappa shape index (κ3) is 2.79. The Morgan fingerprint density at radius 2 is 2.11 bits per heavy atom. The standard InChI is InChI=1S/C13H17BrN4/c1-3-18(4-2)13(12-9-15-17-16-12)10-6-5-7-11(14)8-10/h5-9,13H,3-4H2,1-2H3,(H,15,16,17). The van der Waals surface area contributed by atoms with Gasteiger partial charge < -0.3 is 0 Å². The summed E-state index contributed by atoms with van der Waals surface area (Å²) in [5, 5.41) is 10.9. The molecule has 1 N–H and O–H groups in total. The highest BCUT2D eigenvalue weighted by Crippen LogP contribution is 2.28. The van der Waals surface area contributed by atoms with Crippen LogP contribution in [0, 0.1) is 0 Å². The van der Waals surface area contributed by atoms with E-state index in [4.69, 9.17) is 0 Å². The van der Waals surface area contributed by atoms with Crippen LogP contribution in [-0.4, -0.2) is 33.4 Å². The molecule has 0 aliphatic heterocycles. The van der Waals surface area contributed by atoms with Gasteiger partial charge in [-0.3, -0.25) is 4.90 Å². The van der Waals surface area contributed by atoms with E-state index in [1.54, 1.807) is 6.20 Å². The van der Waals surface area contributed by atoms with Crippen LogP contribution in [0.1, 0.15) is 31.1 Å². The predicted molar refractivity (Wildman–Crippen MR) is 75.3 cm³/mol. The third-order valence-corrected chi connectivity index (χ3v) is 3.55. The summed E-state index contributed by atoms with van der Waals surface area (Å²) < 4.78 is 1.08. The van der Waals surface area contributed by atoms with Crippen LogP contribution in [0.25, 0.3) is 0 Å². The zero-order valence-electron chi connectivity index (χ0n) is 10.6. The molecule has 5 heteroatoms. The van der Waals surface area contributed by atoms with Gasteiger partial charge in [0.15, 0.2) is 0 Å². The van der Waals surface area contributed by atoms with E-state index in [1.165, 1.54) is 5.56 Å². The molecular weight excluding hydrogens is 292 g/mol. The lowest BCUT2D eigenvalue weighted by Crippen LogP contribution is -2.29. The molecule has 1 unspecified atom stereocenters. The number of hydrogen-bond acceptors (Lipinski definition) is 3. The van der Waals surface area contributed by atoms with Gasteiger partial charge in [-0.15, -0.1) is 0 Å². The Labute approximate surface area is 116 Å². The average Bonchev–Trinajstić information content (AvgIpc) is 2.89. The normalized spacial score (nSPS) is 12.9. The van der Waals surface area contributed by atoms with Gasteiger partial charge in [0.2, 0.25) is 0 Å². The molecule has 0 saturated carbocycles. The summed E-state index contributed by atoms with van der Waals surface area (Å²) >= 11 is 3.52. The summed E-state index contributed by atoms with van der Waals surface area (Å²) in [4.78, 5) is 2.36. The van der Waals surface area contributed by atoms with Crippen molar-refractivity contribution in [2.45, 2.75) is 19.9 Å². The van der Waals surface area contributed by atoms with Crippen LogP contribution in [0.4, 0.5) is 0 Å². The summed E-state index contributed by atoms with van der Waals surface area (Å²) in [6.45, 7) is 6.27. The van der Waals surface area contributed by atoms with Gasteiger partial charge in [-0.25, -0.2) is 0 Å². The Hall–Kier alpha value is -1.20. The van der Waals surface area contributed by atoms with Crippen LogP contribution < -0.4 is 0 Å². The lowest BCUT2D eigenvalue weighted by Gasteiger charge is -2.28. The lowest BCUT2D eigenvalue weighted by molar-refractivity contribution is 0.246. The first kappa shape index (κ1) is 13.2. The monoisotopic (exact) mass is 308 g/mol. The van der Waals surface area contributed by atoms with Gasteiger partial charge in [0.25, 0.3) is 0 Å². The zero-order chi connectivity index (χ0) is 13.0. The minimum atomic E-state index is 0.149. The first-order valence-corrected chi connectivity index (χ1v) is 6.90. The Balaban J connectivity index is 2.42. The molecule has 2 rings (SSSR count). The molecule has 0 aliphatic rings. The highest BCUT2D eigenvalue weighted by Gasteiger charge is 2.22. The van der Waals surface area contributed by atoms with Crippen LogP contribution >= 0.6 is 15.9 Å². The number of halogens is 1. The van der Waals surface area contributed by atoms with Crippen LogP contribution in [0.5, 0.6) is 0 Å². The van der Waals surface area contributed by atoms with Crippen molar-refractivity contribution in [2.24, 2.45) is 0 Å². The molecule has 1 aromatic heterocycles. The SMILES string of the molecule is CCN(CC)C(c1cccc(Br)c1)c1cn[nH]n1. The van der Waals surface area contributed by atoms with Gasteiger partial charge in [-0.05, 0) is 30.8 Å². The third-order valence-electron chi connectivity index (χ3n) is 3.06. The second kappa shape index (κ2) is 6.11. The number of nitrogens with one attached hydrogen (secondary N) is 1. The maximum Gasteiger partial charge on any atom is 0.104 e. The number of nitrogens with zero attached hydrogens (tertiary/aromatic N) is 3. The van der Waals surface area contributed by atoms with Crippen molar-refractivity contribution in [3.05, 3.63) is 46.2 Å². The number of rotatable bonds is 5. The van der Waals surface area contributed by atoms with E-state index >= 15 is 0 Å². The molecule has 4 nitrogen and oxygen atoms in total. The molecule has 0 bridgehead atoms. The molecule has 18 heavy (non-hydrogen) atoms. The molecule has 0 aliphatic carbocycles. The van der Waals surface area contributed by atoms with Crippen molar-refractivity contribution >= 4 is 15.9 Å². The topological polar surface area (TPSA) is 44.8 Å². The van der Waals surface area contributed by atoms with Gasteiger partial charge in [0.05, 0.1) is 12.2 Å². The van der Waals surface area contributed by atoms with Gasteiger partial charge in [-0.1, -0.05) is 41.9 Å². The van der Waals surface area contributed by atoms with Crippen molar-refractivity contribution in [3.8, 4) is 0 Å². The van der Waals surface area contributed by atoms with Crippen molar-refractivity contribution in [1.82, 2.24) is 20.3 Å². The van der Waals surface area contributed by atoms with E-state index in [0.717, 1.165) is 23.3 Å². The van der Waals surface area contributed by atoms with Crippen molar-refractivity contribution in [2.75, 3.05) is 13.1 Å². The van der Waals surface area contributed by atoms with Gasteiger partial charge in [0, 0.05) is 4.47 Å². The molecule has 1 heterocycles. The molecule has 0 fully saturated rings. The van der Waals surface area contributed by atoms with Crippen molar-refractivity contribution in [3.63, 3.8) is 0 Å². The zero-order valence-corrected chi connectivity index (χ0v) is 12.2. The molecule has 2 aromatic rings. The highest BCUT2D eigenvalue weighted by molar-refractivity contribution is 9.10. The number of hydrogen-bond donors (Lipinski definition) is 1. The Kier molecular flexibility index (Phi) is 4.49. The van der Waals surface area contributed by atoms with Crippen molar-refractivity contribution in [1.29, 1.82) is 0 Å². The van der Waals surface area contributed by atoms with Crippen LogP contribution in [0.3, 0.4) is 0 Å². The Bertz CT molecular complexity index is 479. The number of benzene rings is 1. The van der Waals surface area contributed by atoms with Gasteiger partial charge >= 0.3 is 0 Å². The lowest BCUT2D eigenvalue weighted by atomic mass is 10.0. The van der Waals surface area contributed by atoms with Crippen molar-refractivity contribution < 1.29 is 0 Å². The fourth-order valence-corrected chi connectivity index (χ4v) is 2.59. The molecular formula is C13H17BrN4. The second-order valence-corrected chi connectivity index (χ2v) is 4.99. The summed E-state index contributed by atoms with van der Waals surface area (Å²) in [6.07, 6.45) is 1.80. The molecule has 0 amide bonds. The molecule has 0 spiro atoms. The van der Waals surface area contributed by atoms with Gasteiger partial charge in [-0.2, -0.15) is 15.4 Å². The van der Waals surface area contributed by atoms with Crippen LogP contribution in [-0.2, 0) is 0 Å². The minimum Gasteiger partial charge on any atom is -0.292 e. The predicted octanol–water partition coefficient (Wildman–Crippen LogP) is 3.00. The average molecular weight is 309 g/mol.